The van der Waals surface area contributed by atoms with Gasteiger partial charge >= 0.3 is 6.18 Å². The quantitative estimate of drug-likeness (QED) is 0.810. The Bertz CT molecular complexity index is 467. The molecule has 0 amide bonds. The summed E-state index contributed by atoms with van der Waals surface area (Å²) in [6.45, 7) is 7.70. The highest BCUT2D eigenvalue weighted by molar-refractivity contribution is 9.10. The minimum Gasteiger partial charge on any atom is -0.363 e. The number of nitrogens with one attached hydrogen (secondary N) is 1. The highest BCUT2D eigenvalue weighted by Gasteiger charge is 2.31. The molecule has 0 fully saturated rings. The Morgan fingerprint density at radius 2 is 1.81 bits per heavy atom. The standard InChI is InChI=1S/C15H22BrF3N2/c1-5-21(10-15(17,18)19)13-8-12(16)7-6-11(13)9-20-14(2,3)4/h6-8,20H,5,9-10H2,1-4H3. The Labute approximate surface area is 132 Å². The molecule has 21 heavy (non-hydrogen) atoms. The molecular formula is C15H22BrF3N2. The molecule has 0 unspecified atom stereocenters. The predicted molar refractivity (Wildman–Crippen MR) is 84.7 cm³/mol. The highest BCUT2D eigenvalue weighted by atomic mass is 79.9. The van der Waals surface area contributed by atoms with Crippen LogP contribution < -0.4 is 10.2 Å². The zero-order valence-corrected chi connectivity index (χ0v) is 14.4. The van der Waals surface area contributed by atoms with Gasteiger partial charge in [-0.2, -0.15) is 13.2 Å². The van der Waals surface area contributed by atoms with Crippen molar-refractivity contribution in [3.8, 4) is 0 Å². The molecular weight excluding hydrogens is 345 g/mol. The van der Waals surface area contributed by atoms with E-state index in [2.05, 4.69) is 21.2 Å². The van der Waals surface area contributed by atoms with E-state index in [1.807, 2.05) is 32.9 Å². The molecule has 1 N–H and O–H groups in total. The van der Waals surface area contributed by atoms with Crippen molar-refractivity contribution in [3.63, 3.8) is 0 Å². The van der Waals surface area contributed by atoms with Gasteiger partial charge in [-0.3, -0.25) is 0 Å². The summed E-state index contributed by atoms with van der Waals surface area (Å²) >= 11 is 3.34. The van der Waals surface area contributed by atoms with Gasteiger partial charge in [0.1, 0.15) is 6.54 Å². The van der Waals surface area contributed by atoms with Crippen LogP contribution in [0.5, 0.6) is 0 Å². The lowest BCUT2D eigenvalue weighted by atomic mass is 10.1. The molecule has 2 nitrogen and oxygen atoms in total. The fourth-order valence-electron chi connectivity index (χ4n) is 1.92. The van der Waals surface area contributed by atoms with Crippen molar-refractivity contribution in [2.45, 2.75) is 46.0 Å². The lowest BCUT2D eigenvalue weighted by molar-refractivity contribution is -0.119. The van der Waals surface area contributed by atoms with E-state index in [4.69, 9.17) is 0 Å². The number of alkyl halides is 3. The van der Waals surface area contributed by atoms with Gasteiger partial charge in [-0.1, -0.05) is 22.0 Å². The molecule has 1 aromatic carbocycles. The smallest absolute Gasteiger partial charge is 0.363 e. The average Bonchev–Trinajstić information content (AvgIpc) is 2.32. The second kappa shape index (κ2) is 7.01. The molecule has 0 spiro atoms. The molecule has 0 aliphatic heterocycles. The molecule has 0 saturated heterocycles. The summed E-state index contributed by atoms with van der Waals surface area (Å²) in [5.74, 6) is 0. The minimum atomic E-state index is -4.22. The van der Waals surface area contributed by atoms with Gasteiger partial charge in [0.2, 0.25) is 0 Å². The number of nitrogens with zero attached hydrogens (tertiary/aromatic N) is 1. The van der Waals surface area contributed by atoms with Crippen LogP contribution in [0.2, 0.25) is 0 Å². The van der Waals surface area contributed by atoms with E-state index in [-0.39, 0.29) is 5.54 Å². The molecule has 120 valence electrons. The maximum atomic E-state index is 12.7. The molecule has 0 aliphatic rings. The third-order valence-electron chi connectivity index (χ3n) is 2.95. The van der Waals surface area contributed by atoms with Crippen LogP contribution in [0.15, 0.2) is 22.7 Å². The van der Waals surface area contributed by atoms with Crippen LogP contribution >= 0.6 is 15.9 Å². The van der Waals surface area contributed by atoms with Crippen LogP contribution in [-0.2, 0) is 6.54 Å². The number of hydrogen-bond donors (Lipinski definition) is 1. The minimum absolute atomic E-state index is 0.0918. The fraction of sp³-hybridized carbons (Fsp3) is 0.600. The van der Waals surface area contributed by atoms with Gasteiger partial charge in [-0.15, -0.1) is 0 Å². The summed E-state index contributed by atoms with van der Waals surface area (Å²) in [5, 5.41) is 3.32. The third-order valence-corrected chi connectivity index (χ3v) is 3.44. The molecule has 1 rings (SSSR count). The van der Waals surface area contributed by atoms with Gasteiger partial charge < -0.3 is 10.2 Å². The van der Waals surface area contributed by atoms with Crippen molar-refractivity contribution < 1.29 is 13.2 Å². The molecule has 0 aliphatic carbocycles. The van der Waals surface area contributed by atoms with Crippen molar-refractivity contribution in [1.29, 1.82) is 0 Å². The van der Waals surface area contributed by atoms with Gasteiger partial charge in [0.15, 0.2) is 0 Å². The first-order valence-electron chi connectivity index (χ1n) is 6.87. The first-order valence-corrected chi connectivity index (χ1v) is 7.66. The van der Waals surface area contributed by atoms with E-state index in [1.165, 1.54) is 4.90 Å². The molecule has 1 aromatic rings. The molecule has 0 saturated carbocycles. The van der Waals surface area contributed by atoms with Gasteiger partial charge in [0.25, 0.3) is 0 Å². The highest BCUT2D eigenvalue weighted by Crippen LogP contribution is 2.28. The van der Waals surface area contributed by atoms with Crippen LogP contribution in [0.1, 0.15) is 33.3 Å². The van der Waals surface area contributed by atoms with Gasteiger partial charge in [0.05, 0.1) is 0 Å². The van der Waals surface area contributed by atoms with E-state index in [0.29, 0.717) is 18.8 Å². The summed E-state index contributed by atoms with van der Waals surface area (Å²) in [7, 11) is 0. The van der Waals surface area contributed by atoms with Crippen LogP contribution in [-0.4, -0.2) is 24.8 Å². The van der Waals surface area contributed by atoms with E-state index in [0.717, 1.165) is 10.0 Å². The number of rotatable bonds is 5. The number of benzene rings is 1. The zero-order valence-electron chi connectivity index (χ0n) is 12.8. The Hall–Kier alpha value is -0.750. The van der Waals surface area contributed by atoms with Crippen LogP contribution in [0.4, 0.5) is 18.9 Å². The van der Waals surface area contributed by atoms with Crippen molar-refractivity contribution in [3.05, 3.63) is 28.2 Å². The molecule has 0 bridgehead atoms. The SMILES string of the molecule is CCN(CC(F)(F)F)c1cc(Br)ccc1CNC(C)(C)C. The van der Waals surface area contributed by atoms with Crippen LogP contribution in [0.25, 0.3) is 0 Å². The summed E-state index contributed by atoms with van der Waals surface area (Å²) in [4.78, 5) is 1.35. The number of anilines is 1. The molecule has 0 aromatic heterocycles. The summed E-state index contributed by atoms with van der Waals surface area (Å²) in [6.07, 6.45) is -4.22. The van der Waals surface area contributed by atoms with Crippen molar-refractivity contribution in [2.24, 2.45) is 0 Å². The molecule has 6 heteroatoms. The normalized spacial score (nSPS) is 12.6. The number of hydrogen-bond acceptors (Lipinski definition) is 2. The van der Waals surface area contributed by atoms with Crippen molar-refractivity contribution in [2.75, 3.05) is 18.0 Å². The second-order valence-electron chi connectivity index (χ2n) is 6.01. The van der Waals surface area contributed by atoms with Gasteiger partial charge in [-0.05, 0) is 45.4 Å². The number of halogens is 4. The Morgan fingerprint density at radius 3 is 2.29 bits per heavy atom. The average molecular weight is 367 g/mol. The van der Waals surface area contributed by atoms with Crippen molar-refractivity contribution >= 4 is 21.6 Å². The monoisotopic (exact) mass is 366 g/mol. The zero-order chi connectivity index (χ0) is 16.3. The summed E-state index contributed by atoms with van der Waals surface area (Å²) in [6, 6.07) is 5.46. The summed E-state index contributed by atoms with van der Waals surface area (Å²) in [5.41, 5.74) is 1.38. The van der Waals surface area contributed by atoms with Crippen molar-refractivity contribution in [1.82, 2.24) is 5.32 Å². The van der Waals surface area contributed by atoms with Gasteiger partial charge in [-0.25, -0.2) is 0 Å². The predicted octanol–water partition coefficient (Wildman–Crippen LogP) is 4.73. The maximum Gasteiger partial charge on any atom is 0.405 e. The van der Waals surface area contributed by atoms with Crippen LogP contribution in [0.3, 0.4) is 0 Å². The first-order chi connectivity index (χ1) is 9.52. The lowest BCUT2D eigenvalue weighted by Gasteiger charge is -2.28. The van der Waals surface area contributed by atoms with Gasteiger partial charge in [0, 0.05) is 28.8 Å². The fourth-order valence-corrected chi connectivity index (χ4v) is 2.27. The molecule has 0 radical (unpaired) electrons. The summed E-state index contributed by atoms with van der Waals surface area (Å²) < 4.78 is 38.9. The van der Waals surface area contributed by atoms with E-state index in [1.54, 1.807) is 13.0 Å². The maximum absolute atomic E-state index is 12.7. The Balaban J connectivity index is 3.04. The third kappa shape index (κ3) is 6.70. The molecule has 0 heterocycles. The topological polar surface area (TPSA) is 15.3 Å². The first kappa shape index (κ1) is 18.3. The second-order valence-corrected chi connectivity index (χ2v) is 6.92. The van der Waals surface area contributed by atoms with Crippen LogP contribution in [0, 0.1) is 0 Å². The molecule has 0 atom stereocenters. The Morgan fingerprint density at radius 1 is 1.19 bits per heavy atom. The largest absolute Gasteiger partial charge is 0.405 e. The Kier molecular flexibility index (Phi) is 6.11. The van der Waals surface area contributed by atoms with E-state index in [9.17, 15) is 13.2 Å². The lowest BCUT2D eigenvalue weighted by Crippen LogP contribution is -2.37. The van der Waals surface area contributed by atoms with E-state index < -0.39 is 12.7 Å². The van der Waals surface area contributed by atoms with E-state index >= 15 is 0 Å².